The lowest BCUT2D eigenvalue weighted by atomic mass is 10.2. The summed E-state index contributed by atoms with van der Waals surface area (Å²) < 4.78 is 5.67. The van der Waals surface area contributed by atoms with Crippen LogP contribution in [0.1, 0.15) is 25.3 Å². The van der Waals surface area contributed by atoms with Crippen molar-refractivity contribution in [3.63, 3.8) is 0 Å². The molecule has 0 aliphatic carbocycles. The number of amides is 1. The van der Waals surface area contributed by atoms with Gasteiger partial charge in [-0.25, -0.2) is 4.98 Å². The summed E-state index contributed by atoms with van der Waals surface area (Å²) in [6.07, 6.45) is 3.26. The van der Waals surface area contributed by atoms with Crippen molar-refractivity contribution in [1.29, 1.82) is 5.26 Å². The zero-order valence-electron chi connectivity index (χ0n) is 14.1. The first-order valence-corrected chi connectivity index (χ1v) is 8.35. The minimum absolute atomic E-state index is 0.277. The summed E-state index contributed by atoms with van der Waals surface area (Å²) in [5.74, 6) is 0.915. The number of benzene rings is 1. The van der Waals surface area contributed by atoms with Gasteiger partial charge < -0.3 is 15.0 Å². The minimum Gasteiger partial charge on any atom is -0.480 e. The van der Waals surface area contributed by atoms with Crippen LogP contribution in [0.25, 0.3) is 0 Å². The highest BCUT2D eigenvalue weighted by atomic mass is 16.5. The van der Waals surface area contributed by atoms with Crippen LogP contribution in [0.2, 0.25) is 0 Å². The van der Waals surface area contributed by atoms with Crippen LogP contribution in [0, 0.1) is 11.3 Å². The van der Waals surface area contributed by atoms with Gasteiger partial charge in [0.15, 0.2) is 11.9 Å². The number of hydrogen-bond acceptors (Lipinski definition) is 5. The number of rotatable bonds is 5. The van der Waals surface area contributed by atoms with E-state index < -0.39 is 6.10 Å². The van der Waals surface area contributed by atoms with Crippen molar-refractivity contribution in [2.45, 2.75) is 25.9 Å². The molecular formula is C19H20N4O2. The Labute approximate surface area is 147 Å². The van der Waals surface area contributed by atoms with E-state index in [1.54, 1.807) is 43.5 Å². The highest BCUT2D eigenvalue weighted by Crippen LogP contribution is 2.26. The van der Waals surface area contributed by atoms with Crippen LogP contribution in [0.3, 0.4) is 0 Å². The first-order valence-electron chi connectivity index (χ1n) is 8.35. The number of carbonyl (C=O) groups excluding carboxylic acids is 1. The third-order valence-corrected chi connectivity index (χ3v) is 4.13. The van der Waals surface area contributed by atoms with E-state index in [4.69, 9.17) is 10.00 Å². The largest absolute Gasteiger partial charge is 0.480 e. The second kappa shape index (κ2) is 7.67. The Hall–Kier alpha value is -3.07. The van der Waals surface area contributed by atoms with Gasteiger partial charge in [-0.05, 0) is 44.0 Å². The van der Waals surface area contributed by atoms with E-state index in [2.05, 4.69) is 21.3 Å². The molecule has 0 bridgehead atoms. The fourth-order valence-corrected chi connectivity index (χ4v) is 2.82. The summed E-state index contributed by atoms with van der Waals surface area (Å²) in [4.78, 5) is 19.1. The molecule has 1 aromatic heterocycles. The molecule has 1 aromatic carbocycles. The maximum absolute atomic E-state index is 12.5. The topological polar surface area (TPSA) is 78.2 Å². The van der Waals surface area contributed by atoms with Gasteiger partial charge in [-0.1, -0.05) is 12.1 Å². The average molecular weight is 336 g/mol. The van der Waals surface area contributed by atoms with Crippen molar-refractivity contribution in [2.24, 2.45) is 0 Å². The van der Waals surface area contributed by atoms with E-state index in [1.807, 2.05) is 6.07 Å². The number of aromatic nitrogens is 1. The van der Waals surface area contributed by atoms with Crippen LogP contribution in [0.5, 0.6) is 5.75 Å². The number of nitrogens with one attached hydrogen (secondary N) is 1. The van der Waals surface area contributed by atoms with Gasteiger partial charge in [0.25, 0.3) is 5.91 Å². The van der Waals surface area contributed by atoms with Crippen molar-refractivity contribution < 1.29 is 9.53 Å². The second-order valence-corrected chi connectivity index (χ2v) is 5.93. The Balaban J connectivity index is 1.71. The number of anilines is 2. The summed E-state index contributed by atoms with van der Waals surface area (Å²) in [7, 11) is 0. The Kier molecular flexibility index (Phi) is 5.14. The lowest BCUT2D eigenvalue weighted by Gasteiger charge is -2.21. The third-order valence-electron chi connectivity index (χ3n) is 4.13. The van der Waals surface area contributed by atoms with E-state index in [0.717, 1.165) is 31.7 Å². The molecule has 6 heteroatoms. The Bertz CT molecular complexity index is 794. The van der Waals surface area contributed by atoms with E-state index in [9.17, 15) is 4.79 Å². The molecule has 1 fully saturated rings. The Morgan fingerprint density at radius 1 is 1.28 bits per heavy atom. The molecule has 0 saturated carbocycles. The Morgan fingerprint density at radius 3 is 2.80 bits per heavy atom. The van der Waals surface area contributed by atoms with Gasteiger partial charge in [-0.3, -0.25) is 4.79 Å². The normalized spacial score (nSPS) is 14.6. The number of carbonyl (C=O) groups is 1. The lowest BCUT2D eigenvalue weighted by Crippen LogP contribution is -2.31. The van der Waals surface area contributed by atoms with Crippen molar-refractivity contribution in [1.82, 2.24) is 4.98 Å². The molecule has 2 aromatic rings. The number of nitrogens with zero attached hydrogens (tertiary/aromatic N) is 3. The standard InChI is InChI=1S/C19H20N4O2/c1-14(25-17-9-3-2-7-15(17)13-20)19(24)22-16-8-6-10-21-18(16)23-11-4-5-12-23/h2-3,6-10,14H,4-5,11-12H2,1H3,(H,22,24)/t14-/m1/s1. The van der Waals surface area contributed by atoms with E-state index in [-0.39, 0.29) is 5.91 Å². The molecule has 128 valence electrons. The van der Waals surface area contributed by atoms with Crippen molar-refractivity contribution in [3.8, 4) is 11.8 Å². The predicted octanol–water partition coefficient (Wildman–Crippen LogP) is 2.96. The SMILES string of the molecule is C[C@@H](Oc1ccccc1C#N)C(=O)Nc1cccnc1N1CCCC1. The van der Waals surface area contributed by atoms with Gasteiger partial charge in [-0.15, -0.1) is 0 Å². The van der Waals surface area contributed by atoms with Crippen LogP contribution in [-0.2, 0) is 4.79 Å². The van der Waals surface area contributed by atoms with E-state index >= 15 is 0 Å². The molecule has 1 aliphatic rings. The quantitative estimate of drug-likeness (QED) is 0.908. The number of hydrogen-bond donors (Lipinski definition) is 1. The average Bonchev–Trinajstić information content (AvgIpc) is 3.17. The predicted molar refractivity (Wildman–Crippen MR) is 95.6 cm³/mol. The summed E-state index contributed by atoms with van der Waals surface area (Å²) in [6.45, 7) is 3.55. The van der Waals surface area contributed by atoms with Crippen molar-refractivity contribution in [2.75, 3.05) is 23.3 Å². The molecule has 1 amide bonds. The number of nitriles is 1. The first kappa shape index (κ1) is 16.8. The van der Waals surface area contributed by atoms with Gasteiger partial charge in [0.1, 0.15) is 11.8 Å². The molecule has 0 radical (unpaired) electrons. The maximum atomic E-state index is 12.5. The lowest BCUT2D eigenvalue weighted by molar-refractivity contribution is -0.122. The van der Waals surface area contributed by atoms with Crippen LogP contribution >= 0.6 is 0 Å². The number of ether oxygens (including phenoxy) is 1. The van der Waals surface area contributed by atoms with E-state index in [1.165, 1.54) is 0 Å². The van der Waals surface area contributed by atoms with Gasteiger partial charge in [0.05, 0.1) is 11.3 Å². The van der Waals surface area contributed by atoms with Crippen LogP contribution in [-0.4, -0.2) is 30.1 Å². The Morgan fingerprint density at radius 2 is 2.04 bits per heavy atom. The zero-order valence-corrected chi connectivity index (χ0v) is 14.1. The monoisotopic (exact) mass is 336 g/mol. The molecule has 1 atom stereocenters. The molecule has 3 rings (SSSR count). The van der Waals surface area contributed by atoms with Crippen LogP contribution < -0.4 is 15.0 Å². The first-order chi connectivity index (χ1) is 12.2. The molecule has 1 N–H and O–H groups in total. The van der Waals surface area contributed by atoms with Crippen LogP contribution in [0.4, 0.5) is 11.5 Å². The summed E-state index contributed by atoms with van der Waals surface area (Å²) in [5, 5.41) is 12.0. The number of para-hydroxylation sites is 1. The van der Waals surface area contributed by atoms with Crippen LogP contribution in [0.15, 0.2) is 42.6 Å². The fraction of sp³-hybridized carbons (Fsp3) is 0.316. The molecule has 6 nitrogen and oxygen atoms in total. The molecule has 2 heterocycles. The molecule has 0 spiro atoms. The highest BCUT2D eigenvalue weighted by Gasteiger charge is 2.21. The van der Waals surface area contributed by atoms with Crippen molar-refractivity contribution in [3.05, 3.63) is 48.2 Å². The maximum Gasteiger partial charge on any atom is 0.265 e. The van der Waals surface area contributed by atoms with Gasteiger partial charge >= 0.3 is 0 Å². The molecular weight excluding hydrogens is 316 g/mol. The van der Waals surface area contributed by atoms with E-state index in [0.29, 0.717) is 17.0 Å². The van der Waals surface area contributed by atoms with Crippen molar-refractivity contribution >= 4 is 17.4 Å². The van der Waals surface area contributed by atoms with Gasteiger partial charge in [0.2, 0.25) is 0 Å². The molecule has 0 unspecified atom stereocenters. The third kappa shape index (κ3) is 3.89. The number of pyridine rings is 1. The zero-order chi connectivity index (χ0) is 17.6. The fourth-order valence-electron chi connectivity index (χ4n) is 2.82. The molecule has 1 aliphatic heterocycles. The van der Waals surface area contributed by atoms with Gasteiger partial charge in [0, 0.05) is 19.3 Å². The summed E-state index contributed by atoms with van der Waals surface area (Å²) in [6, 6.07) is 12.6. The second-order valence-electron chi connectivity index (χ2n) is 5.93. The smallest absolute Gasteiger partial charge is 0.265 e. The highest BCUT2D eigenvalue weighted by molar-refractivity contribution is 5.96. The molecule has 25 heavy (non-hydrogen) atoms. The molecule has 1 saturated heterocycles. The minimum atomic E-state index is -0.735. The van der Waals surface area contributed by atoms with Gasteiger partial charge in [-0.2, -0.15) is 5.26 Å². The summed E-state index contributed by atoms with van der Waals surface area (Å²) in [5.41, 5.74) is 1.08. The summed E-state index contributed by atoms with van der Waals surface area (Å²) >= 11 is 0.